The van der Waals surface area contributed by atoms with Crippen molar-refractivity contribution in [3.63, 3.8) is 0 Å². The Morgan fingerprint density at radius 2 is 2.17 bits per heavy atom. The van der Waals surface area contributed by atoms with E-state index in [1.54, 1.807) is 6.92 Å². The number of carbonyl (C=O) groups excluding carboxylic acids is 1. The lowest BCUT2D eigenvalue weighted by atomic mass is 10.2. The van der Waals surface area contributed by atoms with Crippen molar-refractivity contribution in [3.8, 4) is 5.75 Å². The molecule has 0 fully saturated rings. The minimum absolute atomic E-state index is 0.0228. The molecular formula is C14H16ClN3O4S. The van der Waals surface area contributed by atoms with Crippen molar-refractivity contribution in [1.29, 1.82) is 0 Å². The summed E-state index contributed by atoms with van der Waals surface area (Å²) in [6.07, 6.45) is 2.89. The lowest BCUT2D eigenvalue weighted by molar-refractivity contribution is -0.119. The minimum atomic E-state index is -3.44. The summed E-state index contributed by atoms with van der Waals surface area (Å²) in [5.74, 6) is -0.766. The third-order valence-corrected chi connectivity index (χ3v) is 5.24. The Labute approximate surface area is 138 Å². The number of halogens is 1. The average Bonchev–Trinajstić information content (AvgIpc) is 2.94. The molecule has 124 valence electrons. The van der Waals surface area contributed by atoms with Crippen LogP contribution in [0.1, 0.15) is 19.9 Å². The lowest BCUT2D eigenvalue weighted by Gasteiger charge is -2.14. The number of hydrogen-bond donors (Lipinski definition) is 2. The maximum atomic E-state index is 12.2. The smallest absolute Gasteiger partial charge is 0.249 e. The Hall–Kier alpha value is -2.06. The molecule has 1 unspecified atom stereocenters. The quantitative estimate of drug-likeness (QED) is 0.799. The molecule has 1 aromatic heterocycles. The number of rotatable bonds is 5. The molecule has 1 amide bonds. The molecule has 0 spiro atoms. The number of amides is 1. The van der Waals surface area contributed by atoms with Crippen molar-refractivity contribution in [2.24, 2.45) is 0 Å². The Morgan fingerprint density at radius 1 is 1.48 bits per heavy atom. The molecule has 2 aromatic rings. The normalized spacial score (nSPS) is 12.8. The number of anilines is 1. The van der Waals surface area contributed by atoms with Gasteiger partial charge in [-0.2, -0.15) is 5.10 Å². The summed E-state index contributed by atoms with van der Waals surface area (Å²) in [5, 5.41) is 16.7. The number of nitrogens with one attached hydrogen (secondary N) is 1. The molecule has 1 atom stereocenters. The van der Waals surface area contributed by atoms with Crippen LogP contribution in [-0.2, 0) is 14.6 Å². The van der Waals surface area contributed by atoms with Gasteiger partial charge in [0, 0.05) is 6.20 Å². The van der Waals surface area contributed by atoms with E-state index >= 15 is 0 Å². The van der Waals surface area contributed by atoms with Crippen LogP contribution in [0, 0.1) is 0 Å². The summed E-state index contributed by atoms with van der Waals surface area (Å²) in [7, 11) is -3.44. The van der Waals surface area contributed by atoms with Crippen LogP contribution in [0.3, 0.4) is 0 Å². The van der Waals surface area contributed by atoms with Gasteiger partial charge in [-0.15, -0.1) is 0 Å². The summed E-state index contributed by atoms with van der Waals surface area (Å²) in [6, 6.07) is 3.07. The first-order valence-electron chi connectivity index (χ1n) is 6.81. The van der Waals surface area contributed by atoms with Gasteiger partial charge in [-0.05, 0) is 25.1 Å². The first kappa shape index (κ1) is 17.3. The van der Waals surface area contributed by atoms with Crippen LogP contribution in [0.2, 0.25) is 5.02 Å². The summed E-state index contributed by atoms with van der Waals surface area (Å²) in [5.41, 5.74) is 0.0228. The first-order valence-corrected chi connectivity index (χ1v) is 8.84. The second kappa shape index (κ2) is 6.59. The Bertz CT molecular complexity index is 832. The maximum absolute atomic E-state index is 12.2. The Balaban J connectivity index is 2.25. The molecule has 0 aliphatic rings. The zero-order valence-corrected chi connectivity index (χ0v) is 14.1. The van der Waals surface area contributed by atoms with Crippen molar-refractivity contribution >= 4 is 33.0 Å². The predicted octanol–water partition coefficient (Wildman–Crippen LogP) is 2.24. The van der Waals surface area contributed by atoms with Crippen LogP contribution in [0.15, 0.2) is 35.5 Å². The highest BCUT2D eigenvalue weighted by Crippen LogP contribution is 2.27. The highest BCUT2D eigenvalue weighted by Gasteiger charge is 2.19. The number of hydrogen-bond acceptors (Lipinski definition) is 5. The summed E-state index contributed by atoms with van der Waals surface area (Å²) >= 11 is 5.76. The molecular weight excluding hydrogens is 342 g/mol. The molecule has 7 nitrogen and oxygen atoms in total. The van der Waals surface area contributed by atoms with Crippen LogP contribution < -0.4 is 5.32 Å². The molecule has 0 saturated carbocycles. The van der Waals surface area contributed by atoms with Crippen LogP contribution in [-0.4, -0.2) is 35.0 Å². The molecule has 0 aliphatic heterocycles. The van der Waals surface area contributed by atoms with Crippen molar-refractivity contribution in [3.05, 3.63) is 35.6 Å². The molecule has 23 heavy (non-hydrogen) atoms. The molecule has 2 N–H and O–H groups in total. The fourth-order valence-electron chi connectivity index (χ4n) is 1.86. The lowest BCUT2D eigenvalue weighted by Crippen LogP contribution is -2.24. The molecule has 9 heteroatoms. The minimum Gasteiger partial charge on any atom is -0.506 e. The number of sulfone groups is 1. The third kappa shape index (κ3) is 3.83. The van der Waals surface area contributed by atoms with Gasteiger partial charge in [-0.3, -0.25) is 9.48 Å². The van der Waals surface area contributed by atoms with Gasteiger partial charge in [0.2, 0.25) is 5.91 Å². The van der Waals surface area contributed by atoms with Crippen molar-refractivity contribution < 1.29 is 18.3 Å². The van der Waals surface area contributed by atoms with E-state index in [0.29, 0.717) is 5.02 Å². The summed E-state index contributed by atoms with van der Waals surface area (Å²) < 4.78 is 25.1. The molecule has 1 aromatic carbocycles. The van der Waals surface area contributed by atoms with Gasteiger partial charge in [-0.1, -0.05) is 18.5 Å². The van der Waals surface area contributed by atoms with Gasteiger partial charge in [-0.25, -0.2) is 8.42 Å². The number of benzene rings is 1. The molecule has 0 bridgehead atoms. The molecule has 1 heterocycles. The van der Waals surface area contributed by atoms with Crippen LogP contribution in [0.5, 0.6) is 5.75 Å². The number of carbonyl (C=O) groups is 1. The zero-order valence-electron chi connectivity index (χ0n) is 12.5. The highest BCUT2D eigenvalue weighted by molar-refractivity contribution is 7.91. The van der Waals surface area contributed by atoms with E-state index in [4.69, 9.17) is 11.6 Å². The molecule has 2 rings (SSSR count). The Morgan fingerprint density at radius 3 is 2.74 bits per heavy atom. The van der Waals surface area contributed by atoms with Crippen molar-refractivity contribution in [1.82, 2.24) is 9.78 Å². The van der Waals surface area contributed by atoms with E-state index in [1.807, 2.05) is 0 Å². The van der Waals surface area contributed by atoms with Gasteiger partial charge in [0.15, 0.2) is 9.84 Å². The fourth-order valence-corrected chi connectivity index (χ4v) is 2.91. The molecule has 0 saturated heterocycles. The van der Waals surface area contributed by atoms with E-state index in [9.17, 15) is 18.3 Å². The maximum Gasteiger partial charge on any atom is 0.249 e. The van der Waals surface area contributed by atoms with E-state index in [-0.39, 0.29) is 22.1 Å². The van der Waals surface area contributed by atoms with E-state index in [0.717, 1.165) is 0 Å². The van der Waals surface area contributed by atoms with Gasteiger partial charge < -0.3 is 10.4 Å². The van der Waals surface area contributed by atoms with E-state index in [2.05, 4.69) is 10.4 Å². The molecule has 0 aliphatic carbocycles. The number of nitrogens with zero attached hydrogens (tertiary/aromatic N) is 2. The number of phenolic OH excluding ortho intramolecular Hbond substituents is 1. The highest BCUT2D eigenvalue weighted by atomic mass is 35.5. The zero-order chi connectivity index (χ0) is 17.2. The standard InChI is InChI=1S/C14H16ClN3O4S/c1-3-23(21,22)11-4-5-13(19)12(6-11)17-14(20)9(2)18-8-10(15)7-16-18/h4-9,19H,3H2,1-2H3,(H,17,20). The van der Waals surface area contributed by atoms with Gasteiger partial charge in [0.1, 0.15) is 11.8 Å². The van der Waals surface area contributed by atoms with Crippen LogP contribution in [0.25, 0.3) is 0 Å². The monoisotopic (exact) mass is 357 g/mol. The van der Waals surface area contributed by atoms with Crippen LogP contribution >= 0.6 is 11.6 Å². The summed E-state index contributed by atoms with van der Waals surface area (Å²) in [4.78, 5) is 12.3. The van der Waals surface area contributed by atoms with Crippen molar-refractivity contribution in [2.45, 2.75) is 24.8 Å². The second-order valence-corrected chi connectivity index (χ2v) is 7.60. The SMILES string of the molecule is CCS(=O)(=O)c1ccc(O)c(NC(=O)C(C)n2cc(Cl)cn2)c1. The topological polar surface area (TPSA) is 101 Å². The van der Waals surface area contributed by atoms with E-state index in [1.165, 1.54) is 42.2 Å². The average molecular weight is 358 g/mol. The first-order chi connectivity index (χ1) is 10.7. The number of aromatic nitrogens is 2. The van der Waals surface area contributed by atoms with E-state index < -0.39 is 21.8 Å². The summed E-state index contributed by atoms with van der Waals surface area (Å²) in [6.45, 7) is 3.12. The largest absolute Gasteiger partial charge is 0.506 e. The number of phenols is 1. The van der Waals surface area contributed by atoms with Crippen molar-refractivity contribution in [2.75, 3.05) is 11.1 Å². The fraction of sp³-hybridized carbons (Fsp3) is 0.286. The van der Waals surface area contributed by atoms with Gasteiger partial charge in [0.05, 0.1) is 27.6 Å². The molecule has 0 radical (unpaired) electrons. The third-order valence-electron chi connectivity index (χ3n) is 3.31. The Kier molecular flexibility index (Phi) is 4.96. The van der Waals surface area contributed by atoms with Gasteiger partial charge >= 0.3 is 0 Å². The van der Waals surface area contributed by atoms with Gasteiger partial charge in [0.25, 0.3) is 0 Å². The second-order valence-electron chi connectivity index (χ2n) is 4.89. The number of aromatic hydroxyl groups is 1. The predicted molar refractivity (Wildman–Crippen MR) is 86.4 cm³/mol. The van der Waals surface area contributed by atoms with Crippen LogP contribution in [0.4, 0.5) is 5.69 Å².